The Kier molecular flexibility index (Phi) is 9.22. The Morgan fingerprint density at radius 2 is 1.61 bits per heavy atom. The van der Waals surface area contributed by atoms with E-state index in [4.69, 9.17) is 34.8 Å². The molecule has 2 amide bonds. The molecule has 0 aliphatic rings. The molecule has 4 nitrogen and oxygen atoms in total. The molecule has 0 saturated heterocycles. The zero-order chi connectivity index (χ0) is 26.6. The van der Waals surface area contributed by atoms with Crippen molar-refractivity contribution in [3.63, 3.8) is 0 Å². The third-order valence-corrected chi connectivity index (χ3v) is 6.43. The van der Waals surface area contributed by atoms with Crippen molar-refractivity contribution in [3.05, 3.63) is 93.5 Å². The van der Waals surface area contributed by atoms with Gasteiger partial charge in [-0.25, -0.2) is 17.6 Å². The smallest absolute Gasteiger partial charge is 0.258 e. The van der Waals surface area contributed by atoms with E-state index in [1.165, 1.54) is 25.1 Å². The van der Waals surface area contributed by atoms with Crippen LogP contribution in [0.25, 0.3) is 0 Å². The van der Waals surface area contributed by atoms with E-state index < -0.39 is 52.5 Å². The molecular formula is C25H19Cl3F4N2O2. The standard InChI is InChI=1S/C25H19Cl3F4N2O2/c1-12-6-15(9-16(23(12)32)24(35)34-22-5-3-14(29)8-21(22)31)33-25(36)18(11-27)17(10-26)13-2-4-20(30)19(28)7-13/h2-9,17-18H,10-11H2,1H3,(H,33,36)(H,34,35). The molecule has 0 aliphatic carbocycles. The summed E-state index contributed by atoms with van der Waals surface area (Å²) in [5.74, 6) is -6.71. The largest absolute Gasteiger partial charge is 0.326 e. The number of benzene rings is 3. The summed E-state index contributed by atoms with van der Waals surface area (Å²) in [5, 5.41) is 4.63. The lowest BCUT2D eigenvalue weighted by atomic mass is 9.87. The summed E-state index contributed by atoms with van der Waals surface area (Å²) in [4.78, 5) is 25.7. The maximum Gasteiger partial charge on any atom is 0.258 e. The highest BCUT2D eigenvalue weighted by Crippen LogP contribution is 2.31. The number of carbonyl (C=O) groups is 2. The van der Waals surface area contributed by atoms with Gasteiger partial charge in [0.25, 0.3) is 5.91 Å². The molecular weight excluding hydrogens is 543 g/mol. The minimum absolute atomic E-state index is 0.0270. The SMILES string of the molecule is Cc1cc(NC(=O)C(CCl)C(CCl)c2ccc(F)c(Cl)c2)cc(C(=O)Nc2ccc(F)cc2F)c1F. The van der Waals surface area contributed by atoms with Gasteiger partial charge in [0.05, 0.1) is 22.2 Å². The molecule has 0 bridgehead atoms. The molecule has 11 heteroatoms. The molecule has 0 aliphatic heterocycles. The van der Waals surface area contributed by atoms with Crippen LogP contribution in [0.2, 0.25) is 5.02 Å². The lowest BCUT2D eigenvalue weighted by Crippen LogP contribution is -2.31. The van der Waals surface area contributed by atoms with Crippen LogP contribution >= 0.6 is 34.8 Å². The maximum absolute atomic E-state index is 14.7. The van der Waals surface area contributed by atoms with E-state index in [-0.39, 0.29) is 33.7 Å². The summed E-state index contributed by atoms with van der Waals surface area (Å²) in [6, 6.07) is 8.84. The first-order valence-electron chi connectivity index (χ1n) is 10.5. The maximum atomic E-state index is 14.7. The van der Waals surface area contributed by atoms with Gasteiger partial charge in [-0.05, 0) is 54.4 Å². The fraction of sp³-hybridized carbons (Fsp3) is 0.200. The van der Waals surface area contributed by atoms with Crippen LogP contribution in [0.3, 0.4) is 0 Å². The van der Waals surface area contributed by atoms with Gasteiger partial charge >= 0.3 is 0 Å². The second-order valence-corrected chi connectivity index (χ2v) is 8.94. The molecule has 190 valence electrons. The first-order chi connectivity index (χ1) is 17.0. The summed E-state index contributed by atoms with van der Waals surface area (Å²) in [6.07, 6.45) is 0. The van der Waals surface area contributed by atoms with Gasteiger partial charge in [-0.3, -0.25) is 9.59 Å². The normalized spacial score (nSPS) is 12.7. The predicted octanol–water partition coefficient (Wildman–Crippen LogP) is 7.27. The van der Waals surface area contributed by atoms with Crippen molar-refractivity contribution in [1.82, 2.24) is 0 Å². The fourth-order valence-corrected chi connectivity index (χ4v) is 4.49. The molecule has 0 spiro atoms. The van der Waals surface area contributed by atoms with Gasteiger partial charge in [-0.1, -0.05) is 17.7 Å². The Balaban J connectivity index is 1.86. The molecule has 2 atom stereocenters. The highest BCUT2D eigenvalue weighted by molar-refractivity contribution is 6.30. The Hall–Kier alpha value is -2.81. The monoisotopic (exact) mass is 560 g/mol. The van der Waals surface area contributed by atoms with E-state index >= 15 is 0 Å². The lowest BCUT2D eigenvalue weighted by Gasteiger charge is -2.24. The molecule has 2 unspecified atom stereocenters. The summed E-state index contributed by atoms with van der Waals surface area (Å²) >= 11 is 18.0. The van der Waals surface area contributed by atoms with Crippen molar-refractivity contribution >= 4 is 58.0 Å². The van der Waals surface area contributed by atoms with Gasteiger partial charge in [-0.15, -0.1) is 23.2 Å². The Morgan fingerprint density at radius 1 is 0.889 bits per heavy atom. The highest BCUT2D eigenvalue weighted by atomic mass is 35.5. The first kappa shape index (κ1) is 27.8. The molecule has 0 saturated carbocycles. The van der Waals surface area contributed by atoms with Crippen molar-refractivity contribution in [1.29, 1.82) is 0 Å². The molecule has 0 heterocycles. The van der Waals surface area contributed by atoms with Gasteiger partial charge in [0.1, 0.15) is 23.3 Å². The van der Waals surface area contributed by atoms with Crippen molar-refractivity contribution in [2.45, 2.75) is 12.8 Å². The van der Waals surface area contributed by atoms with Crippen LogP contribution in [0.4, 0.5) is 28.9 Å². The number of hydrogen-bond acceptors (Lipinski definition) is 2. The van der Waals surface area contributed by atoms with E-state index in [1.54, 1.807) is 0 Å². The van der Waals surface area contributed by atoms with Crippen LogP contribution in [-0.4, -0.2) is 23.6 Å². The zero-order valence-electron chi connectivity index (χ0n) is 18.6. The topological polar surface area (TPSA) is 58.2 Å². The van der Waals surface area contributed by atoms with Crippen molar-refractivity contribution in [2.24, 2.45) is 5.92 Å². The summed E-state index contributed by atoms with van der Waals surface area (Å²) < 4.78 is 55.4. The molecule has 0 aromatic heterocycles. The molecule has 3 aromatic rings. The van der Waals surface area contributed by atoms with E-state index in [2.05, 4.69) is 10.6 Å². The van der Waals surface area contributed by atoms with Crippen molar-refractivity contribution in [2.75, 3.05) is 22.4 Å². The number of aryl methyl sites for hydroxylation is 1. The van der Waals surface area contributed by atoms with Crippen LogP contribution in [0.5, 0.6) is 0 Å². The van der Waals surface area contributed by atoms with Gasteiger partial charge in [0.15, 0.2) is 0 Å². The van der Waals surface area contributed by atoms with Gasteiger partial charge < -0.3 is 10.6 Å². The Morgan fingerprint density at radius 3 is 2.22 bits per heavy atom. The van der Waals surface area contributed by atoms with Crippen LogP contribution in [-0.2, 0) is 4.79 Å². The molecule has 3 aromatic carbocycles. The molecule has 2 N–H and O–H groups in total. The first-order valence-corrected chi connectivity index (χ1v) is 11.9. The average Bonchev–Trinajstić information content (AvgIpc) is 2.83. The number of amides is 2. The number of carbonyl (C=O) groups excluding carboxylic acids is 2. The van der Waals surface area contributed by atoms with Crippen LogP contribution in [0, 0.1) is 36.1 Å². The van der Waals surface area contributed by atoms with E-state index in [9.17, 15) is 27.2 Å². The van der Waals surface area contributed by atoms with Crippen molar-refractivity contribution < 1.29 is 27.2 Å². The summed E-state index contributed by atoms with van der Waals surface area (Å²) in [7, 11) is 0. The van der Waals surface area contributed by atoms with Crippen LogP contribution in [0.1, 0.15) is 27.4 Å². The number of anilines is 2. The summed E-state index contributed by atoms with van der Waals surface area (Å²) in [6.45, 7) is 1.38. The third-order valence-electron chi connectivity index (χ3n) is 5.47. The Bertz CT molecular complexity index is 1310. The molecule has 3 rings (SSSR count). The van der Waals surface area contributed by atoms with Crippen molar-refractivity contribution in [3.8, 4) is 0 Å². The van der Waals surface area contributed by atoms with E-state index in [1.807, 2.05) is 0 Å². The zero-order valence-corrected chi connectivity index (χ0v) is 20.9. The lowest BCUT2D eigenvalue weighted by molar-refractivity contribution is -0.119. The molecule has 36 heavy (non-hydrogen) atoms. The van der Waals surface area contributed by atoms with Gasteiger partial charge in [-0.2, -0.15) is 0 Å². The quantitative estimate of drug-likeness (QED) is 0.224. The minimum atomic E-state index is -1.04. The number of nitrogens with one attached hydrogen (secondary N) is 2. The molecule has 0 radical (unpaired) electrons. The minimum Gasteiger partial charge on any atom is -0.326 e. The van der Waals surface area contributed by atoms with Crippen LogP contribution in [0.15, 0.2) is 48.5 Å². The highest BCUT2D eigenvalue weighted by Gasteiger charge is 2.29. The second-order valence-electron chi connectivity index (χ2n) is 7.92. The average molecular weight is 562 g/mol. The number of alkyl halides is 2. The molecule has 0 fully saturated rings. The van der Waals surface area contributed by atoms with E-state index in [0.717, 1.165) is 24.3 Å². The number of rotatable bonds is 8. The predicted molar refractivity (Wildman–Crippen MR) is 133 cm³/mol. The van der Waals surface area contributed by atoms with E-state index in [0.29, 0.717) is 11.6 Å². The van der Waals surface area contributed by atoms with Gasteiger partial charge in [0.2, 0.25) is 5.91 Å². The Labute approximate surface area is 219 Å². The number of hydrogen-bond donors (Lipinski definition) is 2. The van der Waals surface area contributed by atoms with Gasteiger partial charge in [0, 0.05) is 29.4 Å². The summed E-state index contributed by atoms with van der Waals surface area (Å²) in [5.41, 5.74) is -0.231. The third kappa shape index (κ3) is 6.30. The second kappa shape index (κ2) is 12.0. The fourth-order valence-electron chi connectivity index (χ4n) is 3.55. The number of halogens is 7. The van der Waals surface area contributed by atoms with Crippen LogP contribution < -0.4 is 10.6 Å².